The molecule has 0 bridgehead atoms. The van der Waals surface area contributed by atoms with E-state index in [0.717, 1.165) is 35.9 Å². The van der Waals surface area contributed by atoms with Gasteiger partial charge in [-0.25, -0.2) is 0 Å². The largest absolute Gasteiger partial charge is 0.497 e. The van der Waals surface area contributed by atoms with Crippen molar-refractivity contribution < 1.29 is 9.26 Å². The molecule has 0 amide bonds. The molecule has 3 aromatic rings. The van der Waals surface area contributed by atoms with Crippen LogP contribution in [-0.4, -0.2) is 23.2 Å². The zero-order valence-corrected chi connectivity index (χ0v) is 14.4. The molecule has 0 saturated heterocycles. The molecule has 4 rings (SSSR count). The molecular weight excluding hydrogens is 312 g/mol. The van der Waals surface area contributed by atoms with Crippen LogP contribution in [0.2, 0.25) is 0 Å². The minimum atomic E-state index is 0.646. The highest BCUT2D eigenvalue weighted by Gasteiger charge is 2.29. The Labute approximate surface area is 148 Å². The predicted molar refractivity (Wildman–Crippen MR) is 97.2 cm³/mol. The lowest BCUT2D eigenvalue weighted by Gasteiger charge is -2.20. The Balaban J connectivity index is 1.46. The summed E-state index contributed by atoms with van der Waals surface area (Å²) in [6.45, 7) is 1.70. The van der Waals surface area contributed by atoms with Crippen LogP contribution in [0.15, 0.2) is 65.2 Å². The first-order valence-corrected chi connectivity index (χ1v) is 8.70. The van der Waals surface area contributed by atoms with Gasteiger partial charge in [0.05, 0.1) is 13.7 Å². The summed E-state index contributed by atoms with van der Waals surface area (Å²) in [5, 5.41) is 4.23. The third kappa shape index (κ3) is 3.91. The van der Waals surface area contributed by atoms with Crippen LogP contribution in [0.3, 0.4) is 0 Å². The second-order valence-corrected chi connectivity index (χ2v) is 6.53. The minimum absolute atomic E-state index is 0.646. The average Bonchev–Trinajstić information content (AvgIpc) is 3.41. The number of rotatable bonds is 7. The van der Waals surface area contributed by atoms with Gasteiger partial charge in [0.15, 0.2) is 5.76 Å². The molecule has 0 spiro atoms. The van der Waals surface area contributed by atoms with Gasteiger partial charge in [-0.1, -0.05) is 47.6 Å². The zero-order chi connectivity index (χ0) is 17.1. The Kier molecular flexibility index (Phi) is 4.53. The SMILES string of the molecule is COc1ccc(CN(Cc2cc(-c3ccccc3)no2)C2CC2)cc1. The Morgan fingerprint density at radius 1 is 1.04 bits per heavy atom. The molecule has 0 N–H and O–H groups in total. The van der Waals surface area contributed by atoms with Gasteiger partial charge >= 0.3 is 0 Å². The molecule has 0 unspecified atom stereocenters. The number of hydrogen-bond donors (Lipinski definition) is 0. The monoisotopic (exact) mass is 334 g/mol. The highest BCUT2D eigenvalue weighted by atomic mass is 16.5. The first-order chi connectivity index (χ1) is 12.3. The van der Waals surface area contributed by atoms with Crippen LogP contribution in [0.5, 0.6) is 5.75 Å². The Hall–Kier alpha value is -2.59. The smallest absolute Gasteiger partial charge is 0.151 e. The topological polar surface area (TPSA) is 38.5 Å². The molecule has 4 nitrogen and oxygen atoms in total. The molecule has 128 valence electrons. The Bertz CT molecular complexity index is 807. The Morgan fingerprint density at radius 3 is 2.48 bits per heavy atom. The fraction of sp³-hybridized carbons (Fsp3) is 0.286. The van der Waals surface area contributed by atoms with Gasteiger partial charge in [0.1, 0.15) is 11.4 Å². The Morgan fingerprint density at radius 2 is 1.80 bits per heavy atom. The number of aromatic nitrogens is 1. The third-order valence-corrected chi connectivity index (χ3v) is 4.60. The molecule has 1 aliphatic carbocycles. The van der Waals surface area contributed by atoms with E-state index in [1.54, 1.807) is 7.11 Å². The van der Waals surface area contributed by atoms with Gasteiger partial charge in [-0.05, 0) is 30.5 Å². The molecule has 25 heavy (non-hydrogen) atoms. The second kappa shape index (κ2) is 7.11. The van der Waals surface area contributed by atoms with E-state index >= 15 is 0 Å². The van der Waals surface area contributed by atoms with Crippen LogP contribution in [-0.2, 0) is 13.1 Å². The van der Waals surface area contributed by atoms with Crippen molar-refractivity contribution in [1.82, 2.24) is 10.1 Å². The molecular formula is C21H22N2O2. The van der Waals surface area contributed by atoms with Crippen LogP contribution >= 0.6 is 0 Å². The van der Waals surface area contributed by atoms with Crippen molar-refractivity contribution in [3.63, 3.8) is 0 Å². The molecule has 1 heterocycles. The van der Waals surface area contributed by atoms with E-state index in [2.05, 4.69) is 40.4 Å². The maximum absolute atomic E-state index is 5.59. The molecule has 1 aliphatic rings. The molecule has 4 heteroatoms. The number of benzene rings is 2. The first kappa shape index (κ1) is 15.9. The summed E-state index contributed by atoms with van der Waals surface area (Å²) in [4.78, 5) is 2.47. The standard InChI is InChI=1S/C21H22N2O2/c1-24-19-11-7-16(8-12-19)14-23(18-9-10-18)15-20-13-21(22-25-20)17-5-3-2-4-6-17/h2-8,11-13,18H,9-10,14-15H2,1H3. The normalized spacial score (nSPS) is 14.0. The molecule has 1 aromatic heterocycles. The molecule has 0 atom stereocenters. The van der Waals surface area contributed by atoms with Gasteiger partial charge in [-0.3, -0.25) is 4.90 Å². The fourth-order valence-corrected chi connectivity index (χ4v) is 3.05. The van der Waals surface area contributed by atoms with Gasteiger partial charge in [0.2, 0.25) is 0 Å². The second-order valence-electron chi connectivity index (χ2n) is 6.53. The maximum Gasteiger partial charge on any atom is 0.151 e. The van der Waals surface area contributed by atoms with Crippen LogP contribution in [0, 0.1) is 0 Å². The van der Waals surface area contributed by atoms with E-state index in [1.807, 2.05) is 30.3 Å². The summed E-state index contributed by atoms with van der Waals surface area (Å²) in [5.41, 5.74) is 3.27. The van der Waals surface area contributed by atoms with E-state index in [0.29, 0.717) is 6.04 Å². The average molecular weight is 334 g/mol. The van der Waals surface area contributed by atoms with E-state index in [4.69, 9.17) is 9.26 Å². The lowest BCUT2D eigenvalue weighted by atomic mass is 10.1. The molecule has 2 aromatic carbocycles. The predicted octanol–water partition coefficient (Wildman–Crippen LogP) is 4.51. The minimum Gasteiger partial charge on any atom is -0.497 e. The zero-order valence-electron chi connectivity index (χ0n) is 14.4. The van der Waals surface area contributed by atoms with Gasteiger partial charge in [0.25, 0.3) is 0 Å². The van der Waals surface area contributed by atoms with Crippen molar-refractivity contribution >= 4 is 0 Å². The van der Waals surface area contributed by atoms with Gasteiger partial charge in [-0.15, -0.1) is 0 Å². The summed E-state index contributed by atoms with van der Waals surface area (Å²) >= 11 is 0. The van der Waals surface area contributed by atoms with Crippen molar-refractivity contribution in [3.05, 3.63) is 72.0 Å². The van der Waals surface area contributed by atoms with Crippen molar-refractivity contribution in [2.75, 3.05) is 7.11 Å². The quantitative estimate of drug-likeness (QED) is 0.637. The summed E-state index contributed by atoms with van der Waals surface area (Å²) in [6, 6.07) is 21.1. The maximum atomic E-state index is 5.59. The molecule has 1 saturated carbocycles. The van der Waals surface area contributed by atoms with Crippen LogP contribution < -0.4 is 4.74 Å². The lowest BCUT2D eigenvalue weighted by Crippen LogP contribution is -2.24. The van der Waals surface area contributed by atoms with Gasteiger partial charge in [0, 0.05) is 24.2 Å². The van der Waals surface area contributed by atoms with Crippen molar-refractivity contribution in [2.24, 2.45) is 0 Å². The van der Waals surface area contributed by atoms with E-state index in [1.165, 1.54) is 18.4 Å². The fourth-order valence-electron chi connectivity index (χ4n) is 3.05. The van der Waals surface area contributed by atoms with Crippen molar-refractivity contribution in [1.29, 1.82) is 0 Å². The van der Waals surface area contributed by atoms with Gasteiger partial charge < -0.3 is 9.26 Å². The number of nitrogens with zero attached hydrogens (tertiary/aromatic N) is 2. The summed E-state index contributed by atoms with van der Waals surface area (Å²) in [7, 11) is 1.69. The van der Waals surface area contributed by atoms with E-state index in [9.17, 15) is 0 Å². The number of methoxy groups -OCH3 is 1. The number of hydrogen-bond acceptors (Lipinski definition) is 4. The molecule has 1 fully saturated rings. The summed E-state index contributed by atoms with van der Waals surface area (Å²) in [6.07, 6.45) is 2.52. The molecule has 0 aliphatic heterocycles. The van der Waals surface area contributed by atoms with E-state index < -0.39 is 0 Å². The highest BCUT2D eigenvalue weighted by molar-refractivity contribution is 5.58. The van der Waals surface area contributed by atoms with Crippen molar-refractivity contribution in [2.45, 2.75) is 32.0 Å². The van der Waals surface area contributed by atoms with Crippen LogP contribution in [0.4, 0.5) is 0 Å². The number of ether oxygens (including phenoxy) is 1. The third-order valence-electron chi connectivity index (χ3n) is 4.60. The lowest BCUT2D eigenvalue weighted by molar-refractivity contribution is 0.214. The van der Waals surface area contributed by atoms with Crippen molar-refractivity contribution in [3.8, 4) is 17.0 Å². The first-order valence-electron chi connectivity index (χ1n) is 8.70. The van der Waals surface area contributed by atoms with Gasteiger partial charge in [-0.2, -0.15) is 0 Å². The van der Waals surface area contributed by atoms with E-state index in [-0.39, 0.29) is 0 Å². The van der Waals surface area contributed by atoms with Crippen LogP contribution in [0.1, 0.15) is 24.2 Å². The molecule has 0 radical (unpaired) electrons. The summed E-state index contributed by atoms with van der Waals surface area (Å²) in [5.74, 6) is 1.81. The summed E-state index contributed by atoms with van der Waals surface area (Å²) < 4.78 is 10.8. The highest BCUT2D eigenvalue weighted by Crippen LogP contribution is 2.31. The van der Waals surface area contributed by atoms with Crippen LogP contribution in [0.25, 0.3) is 11.3 Å².